The molecule has 0 radical (unpaired) electrons. The van der Waals surface area contributed by atoms with Gasteiger partial charge in [0, 0.05) is 35.9 Å². The van der Waals surface area contributed by atoms with E-state index in [1.54, 1.807) is 25.3 Å². The molecule has 0 amide bonds. The van der Waals surface area contributed by atoms with Gasteiger partial charge in [-0.15, -0.1) is 11.8 Å². The number of ether oxygens (including phenoxy) is 1. The van der Waals surface area contributed by atoms with Gasteiger partial charge in [0.2, 0.25) is 0 Å². The zero-order valence-corrected chi connectivity index (χ0v) is 12.5. The number of aliphatic hydroxyl groups is 1. The maximum atomic E-state index is 9.77. The summed E-state index contributed by atoms with van der Waals surface area (Å²) in [4.78, 5) is 0.889. The summed E-state index contributed by atoms with van der Waals surface area (Å²) in [6.45, 7) is 1.91. The lowest BCUT2D eigenvalue weighted by molar-refractivity contribution is 0.175. The largest absolute Gasteiger partial charge is 0.391 e. The monoisotopic (exact) mass is 309 g/mol. The van der Waals surface area contributed by atoms with Gasteiger partial charge in [-0.25, -0.2) is 0 Å². The van der Waals surface area contributed by atoms with E-state index < -0.39 is 6.10 Å². The van der Waals surface area contributed by atoms with E-state index in [9.17, 15) is 5.11 Å². The predicted molar refractivity (Wildman–Crippen MR) is 77.9 cm³/mol. The van der Waals surface area contributed by atoms with Crippen LogP contribution in [0.1, 0.15) is 0 Å². The molecule has 0 bridgehead atoms. The van der Waals surface area contributed by atoms with Gasteiger partial charge in [-0.1, -0.05) is 23.2 Å². The molecule has 3 nitrogen and oxygen atoms in total. The second kappa shape index (κ2) is 9.02. The quantitative estimate of drug-likeness (QED) is 0.572. The zero-order chi connectivity index (χ0) is 13.4. The summed E-state index contributed by atoms with van der Waals surface area (Å²) < 4.78 is 4.90. The van der Waals surface area contributed by atoms with Crippen molar-refractivity contribution in [2.75, 3.05) is 32.6 Å². The van der Waals surface area contributed by atoms with E-state index in [-0.39, 0.29) is 0 Å². The first-order chi connectivity index (χ1) is 8.63. The average molecular weight is 310 g/mol. The molecule has 18 heavy (non-hydrogen) atoms. The van der Waals surface area contributed by atoms with Crippen molar-refractivity contribution in [3.8, 4) is 0 Å². The van der Waals surface area contributed by atoms with E-state index in [4.69, 9.17) is 27.9 Å². The third-order valence-corrected chi connectivity index (χ3v) is 4.06. The molecule has 0 saturated carbocycles. The van der Waals surface area contributed by atoms with Gasteiger partial charge in [0.05, 0.1) is 17.7 Å². The van der Waals surface area contributed by atoms with Crippen molar-refractivity contribution in [1.29, 1.82) is 0 Å². The second-order valence-electron chi connectivity index (χ2n) is 3.74. The normalized spacial score (nSPS) is 12.7. The van der Waals surface area contributed by atoms with Crippen LogP contribution >= 0.6 is 35.0 Å². The van der Waals surface area contributed by atoms with Crippen LogP contribution in [0.25, 0.3) is 0 Å². The fourth-order valence-corrected chi connectivity index (χ4v) is 2.70. The maximum absolute atomic E-state index is 9.77. The van der Waals surface area contributed by atoms with Crippen LogP contribution in [-0.2, 0) is 4.74 Å². The number of rotatable bonds is 8. The standard InChI is InChI=1S/C12H17Cl2NO2S/c1-17-5-4-15-7-10(16)8-18-12-6-9(13)2-3-11(12)14/h2-3,6,10,15-16H,4-5,7-8H2,1H3. The maximum Gasteiger partial charge on any atom is 0.0758 e. The molecule has 0 fully saturated rings. The lowest BCUT2D eigenvalue weighted by Gasteiger charge is -2.12. The lowest BCUT2D eigenvalue weighted by atomic mass is 10.4. The number of hydrogen-bond acceptors (Lipinski definition) is 4. The van der Waals surface area contributed by atoms with Gasteiger partial charge in [-0.05, 0) is 18.2 Å². The lowest BCUT2D eigenvalue weighted by Crippen LogP contribution is -2.30. The number of hydrogen-bond donors (Lipinski definition) is 2. The highest BCUT2D eigenvalue weighted by molar-refractivity contribution is 7.99. The third-order valence-electron chi connectivity index (χ3n) is 2.19. The van der Waals surface area contributed by atoms with Crippen LogP contribution in [0.2, 0.25) is 10.0 Å². The minimum atomic E-state index is -0.429. The summed E-state index contributed by atoms with van der Waals surface area (Å²) >= 11 is 13.4. The van der Waals surface area contributed by atoms with Crippen LogP contribution in [0.5, 0.6) is 0 Å². The van der Waals surface area contributed by atoms with Crippen LogP contribution in [0.15, 0.2) is 23.1 Å². The first-order valence-electron chi connectivity index (χ1n) is 5.59. The van der Waals surface area contributed by atoms with Crippen LogP contribution in [0.4, 0.5) is 0 Å². The van der Waals surface area contributed by atoms with E-state index in [1.165, 1.54) is 11.8 Å². The van der Waals surface area contributed by atoms with Crippen molar-refractivity contribution in [2.24, 2.45) is 0 Å². The number of benzene rings is 1. The van der Waals surface area contributed by atoms with Gasteiger partial charge in [0.15, 0.2) is 0 Å². The van der Waals surface area contributed by atoms with Crippen LogP contribution in [0, 0.1) is 0 Å². The van der Waals surface area contributed by atoms with Gasteiger partial charge < -0.3 is 15.2 Å². The second-order valence-corrected chi connectivity index (χ2v) is 5.64. The summed E-state index contributed by atoms with van der Waals surface area (Å²) in [7, 11) is 1.65. The molecule has 0 aliphatic carbocycles. The highest BCUT2D eigenvalue weighted by Crippen LogP contribution is 2.30. The molecule has 1 aromatic carbocycles. The van der Waals surface area contributed by atoms with Gasteiger partial charge in [0.25, 0.3) is 0 Å². The van der Waals surface area contributed by atoms with E-state index >= 15 is 0 Å². The van der Waals surface area contributed by atoms with Gasteiger partial charge in [-0.3, -0.25) is 0 Å². The van der Waals surface area contributed by atoms with E-state index in [0.29, 0.717) is 28.9 Å². The molecular weight excluding hydrogens is 293 g/mol. The average Bonchev–Trinajstić information content (AvgIpc) is 2.36. The molecule has 1 rings (SSSR count). The minimum absolute atomic E-state index is 0.429. The molecule has 1 unspecified atom stereocenters. The summed E-state index contributed by atoms with van der Waals surface area (Å²) in [6, 6.07) is 5.31. The molecule has 6 heteroatoms. The Balaban J connectivity index is 2.29. The van der Waals surface area contributed by atoms with E-state index in [2.05, 4.69) is 5.32 Å². The smallest absolute Gasteiger partial charge is 0.0758 e. The third kappa shape index (κ3) is 6.27. The minimum Gasteiger partial charge on any atom is -0.391 e. The zero-order valence-electron chi connectivity index (χ0n) is 10.2. The highest BCUT2D eigenvalue weighted by Gasteiger charge is 2.07. The highest BCUT2D eigenvalue weighted by atomic mass is 35.5. The molecule has 2 N–H and O–H groups in total. The van der Waals surface area contributed by atoms with Crippen molar-refractivity contribution >= 4 is 35.0 Å². The van der Waals surface area contributed by atoms with E-state index in [0.717, 1.165) is 11.4 Å². The van der Waals surface area contributed by atoms with Crippen LogP contribution in [-0.4, -0.2) is 43.8 Å². The number of nitrogens with one attached hydrogen (secondary N) is 1. The predicted octanol–water partition coefficient (Wildman–Crippen LogP) is 2.68. The molecule has 0 aliphatic heterocycles. The Kier molecular flexibility index (Phi) is 8.06. The summed E-state index contributed by atoms with van der Waals surface area (Å²) in [5.74, 6) is 0.569. The van der Waals surface area contributed by atoms with Gasteiger partial charge in [-0.2, -0.15) is 0 Å². The molecule has 1 atom stereocenters. The van der Waals surface area contributed by atoms with E-state index in [1.807, 2.05) is 0 Å². The number of aliphatic hydroxyl groups excluding tert-OH is 1. The van der Waals surface area contributed by atoms with Crippen molar-refractivity contribution in [1.82, 2.24) is 5.32 Å². The Hall–Kier alpha value is 0.0300. The molecule has 0 spiro atoms. The molecule has 0 saturated heterocycles. The van der Waals surface area contributed by atoms with Gasteiger partial charge >= 0.3 is 0 Å². The van der Waals surface area contributed by atoms with Crippen molar-refractivity contribution in [3.63, 3.8) is 0 Å². The Morgan fingerprint density at radius 3 is 2.94 bits per heavy atom. The van der Waals surface area contributed by atoms with Crippen LogP contribution in [0.3, 0.4) is 0 Å². The van der Waals surface area contributed by atoms with Crippen LogP contribution < -0.4 is 5.32 Å². The Morgan fingerprint density at radius 2 is 2.22 bits per heavy atom. The molecule has 0 heterocycles. The Labute approximate surface area is 122 Å². The molecule has 0 aliphatic rings. The Morgan fingerprint density at radius 1 is 1.44 bits per heavy atom. The van der Waals surface area contributed by atoms with Crippen molar-refractivity contribution < 1.29 is 9.84 Å². The summed E-state index contributed by atoms with van der Waals surface area (Å²) in [6.07, 6.45) is -0.429. The Bertz CT molecular complexity index is 366. The molecular formula is C12H17Cl2NO2S. The van der Waals surface area contributed by atoms with Gasteiger partial charge in [0.1, 0.15) is 0 Å². The fraction of sp³-hybridized carbons (Fsp3) is 0.500. The molecule has 102 valence electrons. The number of halogens is 2. The molecule has 0 aromatic heterocycles. The summed E-state index contributed by atoms with van der Waals surface area (Å²) in [5, 5.41) is 14.2. The van der Waals surface area contributed by atoms with Crippen molar-refractivity contribution in [3.05, 3.63) is 28.2 Å². The first kappa shape index (κ1) is 16.1. The topological polar surface area (TPSA) is 41.5 Å². The first-order valence-corrected chi connectivity index (χ1v) is 7.33. The molecule has 1 aromatic rings. The SMILES string of the molecule is COCCNCC(O)CSc1cc(Cl)ccc1Cl. The van der Waals surface area contributed by atoms with Crippen molar-refractivity contribution in [2.45, 2.75) is 11.0 Å². The number of methoxy groups -OCH3 is 1. The summed E-state index contributed by atoms with van der Waals surface area (Å²) in [5.41, 5.74) is 0. The fourth-order valence-electron chi connectivity index (χ4n) is 1.28. The number of thioether (sulfide) groups is 1.